The van der Waals surface area contributed by atoms with Crippen molar-refractivity contribution < 1.29 is 26.3 Å². The summed E-state index contributed by atoms with van der Waals surface area (Å²) in [6.45, 7) is 0. The zero-order valence-electron chi connectivity index (χ0n) is 7.60. The van der Waals surface area contributed by atoms with Crippen LogP contribution in [0.5, 0.6) is 0 Å². The Bertz CT molecular complexity index is 412. The van der Waals surface area contributed by atoms with Crippen molar-refractivity contribution in [2.24, 2.45) is 0 Å². The van der Waals surface area contributed by atoms with Crippen molar-refractivity contribution in [2.45, 2.75) is 30.7 Å². The molecular formula is C7H5F6N3. The molecule has 1 aliphatic heterocycles. The molecule has 3 nitrogen and oxygen atoms in total. The summed E-state index contributed by atoms with van der Waals surface area (Å²) < 4.78 is 77.9. The highest BCUT2D eigenvalue weighted by Gasteiger charge is 2.73. The highest BCUT2D eigenvalue weighted by atomic mass is 19.3. The monoisotopic (exact) mass is 245 g/mol. The summed E-state index contributed by atoms with van der Waals surface area (Å²) in [5, 5.41) is 6.12. The van der Waals surface area contributed by atoms with Crippen molar-refractivity contribution >= 4 is 0 Å². The molecule has 0 spiro atoms. The summed E-state index contributed by atoms with van der Waals surface area (Å²) in [4.78, 5) is 0. The van der Waals surface area contributed by atoms with E-state index in [1.54, 1.807) is 0 Å². The lowest BCUT2D eigenvalue weighted by atomic mass is 10.1. The summed E-state index contributed by atoms with van der Waals surface area (Å²) >= 11 is 0. The van der Waals surface area contributed by atoms with Crippen LogP contribution in [0.1, 0.15) is 12.2 Å². The van der Waals surface area contributed by atoms with Gasteiger partial charge in [-0.1, -0.05) is 0 Å². The van der Waals surface area contributed by atoms with Crippen LogP contribution in [0, 0.1) is 0 Å². The minimum Gasteiger partial charge on any atom is -0.251 e. The Kier molecular flexibility index (Phi) is 2.02. The first-order valence-electron chi connectivity index (χ1n) is 4.23. The normalized spacial score (nSPS) is 25.9. The first kappa shape index (κ1) is 11.2. The topological polar surface area (TPSA) is 30.7 Å². The van der Waals surface area contributed by atoms with Crippen molar-refractivity contribution in [1.29, 1.82) is 0 Å². The van der Waals surface area contributed by atoms with Gasteiger partial charge in [-0.25, -0.2) is 0 Å². The van der Waals surface area contributed by atoms with Crippen molar-refractivity contribution in [1.82, 2.24) is 14.8 Å². The maximum Gasteiger partial charge on any atom is 0.400 e. The van der Waals surface area contributed by atoms with E-state index >= 15 is 0 Å². The van der Waals surface area contributed by atoms with Gasteiger partial charge in [0.1, 0.15) is 12.2 Å². The molecule has 9 heteroatoms. The molecule has 16 heavy (non-hydrogen) atoms. The molecule has 0 saturated carbocycles. The number of aromatic nitrogens is 3. The van der Waals surface area contributed by atoms with E-state index in [-0.39, 0.29) is 4.57 Å². The van der Waals surface area contributed by atoms with Gasteiger partial charge < -0.3 is 0 Å². The molecule has 0 aromatic carbocycles. The van der Waals surface area contributed by atoms with Crippen LogP contribution in [0.3, 0.4) is 0 Å². The van der Waals surface area contributed by atoms with Gasteiger partial charge in [-0.15, -0.1) is 10.2 Å². The molecular weight excluding hydrogens is 240 g/mol. The number of fused-ring (bicyclic) bond motifs is 1. The van der Waals surface area contributed by atoms with Crippen LogP contribution < -0.4 is 0 Å². The fraction of sp³-hybridized carbons (Fsp3) is 0.714. The van der Waals surface area contributed by atoms with Crippen molar-refractivity contribution in [3.63, 3.8) is 0 Å². The summed E-state index contributed by atoms with van der Waals surface area (Å²) in [7, 11) is 0. The second-order valence-electron chi connectivity index (χ2n) is 3.44. The molecule has 0 saturated heterocycles. The van der Waals surface area contributed by atoms with E-state index in [0.29, 0.717) is 6.33 Å². The SMILES string of the molecule is FC1(F)CCc2nncn2C(F)(F)C1(F)F. The number of hydrogen-bond acceptors (Lipinski definition) is 2. The van der Waals surface area contributed by atoms with Crippen LogP contribution >= 0.6 is 0 Å². The predicted molar refractivity (Wildman–Crippen MR) is 38.4 cm³/mol. The molecule has 0 fully saturated rings. The lowest BCUT2D eigenvalue weighted by Crippen LogP contribution is -2.53. The lowest BCUT2D eigenvalue weighted by molar-refractivity contribution is -0.339. The number of rotatable bonds is 0. The van der Waals surface area contributed by atoms with E-state index in [0.717, 1.165) is 0 Å². The van der Waals surface area contributed by atoms with Gasteiger partial charge in [0, 0.05) is 12.8 Å². The third-order valence-electron chi connectivity index (χ3n) is 2.42. The molecule has 0 atom stereocenters. The highest BCUT2D eigenvalue weighted by molar-refractivity contribution is 5.04. The standard InChI is InChI=1S/C7H5F6N3/c8-5(9)2-1-4-15-14-3-16(4)7(12,13)6(5,10)11/h3H,1-2H2. The van der Waals surface area contributed by atoms with E-state index in [4.69, 9.17) is 0 Å². The third-order valence-corrected chi connectivity index (χ3v) is 2.42. The fourth-order valence-corrected chi connectivity index (χ4v) is 1.46. The Balaban J connectivity index is 2.61. The zero-order valence-corrected chi connectivity index (χ0v) is 7.60. The first-order valence-corrected chi connectivity index (χ1v) is 4.23. The minimum atomic E-state index is -5.46. The second kappa shape index (κ2) is 2.89. The van der Waals surface area contributed by atoms with Crippen molar-refractivity contribution in [3.8, 4) is 0 Å². The lowest BCUT2D eigenvalue weighted by Gasteiger charge is -2.30. The van der Waals surface area contributed by atoms with E-state index in [1.165, 1.54) is 0 Å². The molecule has 0 aliphatic carbocycles. The Morgan fingerprint density at radius 2 is 1.75 bits per heavy atom. The molecule has 1 aliphatic rings. The van der Waals surface area contributed by atoms with Crippen LogP contribution in [-0.2, 0) is 12.5 Å². The first-order chi connectivity index (χ1) is 7.20. The zero-order chi connectivity index (χ0) is 12.2. The Morgan fingerprint density at radius 3 is 2.38 bits per heavy atom. The Hall–Kier alpha value is -1.28. The molecule has 0 unspecified atom stereocenters. The van der Waals surface area contributed by atoms with Crippen LogP contribution in [0.4, 0.5) is 26.3 Å². The molecule has 1 aromatic rings. The van der Waals surface area contributed by atoms with Crippen molar-refractivity contribution in [3.05, 3.63) is 12.2 Å². The molecule has 0 radical (unpaired) electrons. The molecule has 2 heterocycles. The van der Waals surface area contributed by atoms with Gasteiger partial charge in [0.05, 0.1) is 0 Å². The third kappa shape index (κ3) is 1.17. The maximum atomic E-state index is 13.2. The van der Waals surface area contributed by atoms with Crippen LogP contribution in [0.25, 0.3) is 0 Å². The number of hydrogen-bond donors (Lipinski definition) is 0. The van der Waals surface area contributed by atoms with Gasteiger partial charge in [0.2, 0.25) is 0 Å². The molecule has 90 valence electrons. The summed E-state index contributed by atoms with van der Waals surface area (Å²) in [6.07, 6.45) is -1.75. The molecule has 2 rings (SSSR count). The van der Waals surface area contributed by atoms with Gasteiger partial charge in [-0.3, -0.25) is 4.57 Å². The van der Waals surface area contributed by atoms with Gasteiger partial charge in [0.15, 0.2) is 0 Å². The Labute approximate surface area is 85.1 Å². The highest BCUT2D eigenvalue weighted by Crippen LogP contribution is 2.52. The van der Waals surface area contributed by atoms with Crippen LogP contribution in [0.15, 0.2) is 6.33 Å². The number of aryl methyl sites for hydroxylation is 1. The van der Waals surface area contributed by atoms with Gasteiger partial charge in [-0.05, 0) is 0 Å². The van der Waals surface area contributed by atoms with E-state index in [2.05, 4.69) is 10.2 Å². The van der Waals surface area contributed by atoms with Crippen LogP contribution in [-0.4, -0.2) is 26.6 Å². The fourth-order valence-electron chi connectivity index (χ4n) is 1.46. The number of alkyl halides is 6. The molecule has 1 aromatic heterocycles. The van der Waals surface area contributed by atoms with Gasteiger partial charge >= 0.3 is 17.9 Å². The number of nitrogens with zero attached hydrogens (tertiary/aromatic N) is 3. The average Bonchev–Trinajstić information content (AvgIpc) is 2.60. The van der Waals surface area contributed by atoms with E-state index in [1.807, 2.05) is 0 Å². The minimum absolute atomic E-state index is 0.298. The van der Waals surface area contributed by atoms with E-state index in [9.17, 15) is 26.3 Å². The van der Waals surface area contributed by atoms with Gasteiger partial charge in [0.25, 0.3) is 0 Å². The van der Waals surface area contributed by atoms with Crippen LogP contribution in [0.2, 0.25) is 0 Å². The number of halogens is 6. The quantitative estimate of drug-likeness (QED) is 0.655. The molecule has 0 N–H and O–H groups in total. The predicted octanol–water partition coefficient (Wildman–Crippen LogP) is 2.04. The smallest absolute Gasteiger partial charge is 0.251 e. The maximum absolute atomic E-state index is 13.2. The summed E-state index contributed by atoms with van der Waals surface area (Å²) in [6, 6.07) is -5.04. The second-order valence-corrected chi connectivity index (χ2v) is 3.44. The van der Waals surface area contributed by atoms with Crippen molar-refractivity contribution in [2.75, 3.05) is 0 Å². The molecule has 0 bridgehead atoms. The largest absolute Gasteiger partial charge is 0.400 e. The van der Waals surface area contributed by atoms with E-state index < -0.39 is 36.6 Å². The summed E-state index contributed by atoms with van der Waals surface area (Å²) in [5.74, 6) is -10.8. The van der Waals surface area contributed by atoms with Gasteiger partial charge in [-0.2, -0.15) is 26.3 Å². The average molecular weight is 245 g/mol. The Morgan fingerprint density at radius 1 is 1.12 bits per heavy atom. The summed E-state index contributed by atoms with van der Waals surface area (Å²) in [5.41, 5.74) is 0. The molecule has 0 amide bonds.